The SMILES string of the molecule is CN1CCN(c2c(NCCN3CCOCC3)c(=O)c2=O)CC1. The van der Waals surface area contributed by atoms with Crippen LogP contribution in [0.1, 0.15) is 0 Å². The summed E-state index contributed by atoms with van der Waals surface area (Å²) >= 11 is 0. The lowest BCUT2D eigenvalue weighted by molar-refractivity contribution is 0.0398. The van der Waals surface area contributed by atoms with Crippen LogP contribution in [0.25, 0.3) is 0 Å². The highest BCUT2D eigenvalue weighted by Crippen LogP contribution is 2.21. The number of hydrogen-bond donors (Lipinski definition) is 1. The van der Waals surface area contributed by atoms with Gasteiger partial charge in [-0.15, -0.1) is 0 Å². The zero-order valence-electron chi connectivity index (χ0n) is 13.1. The predicted octanol–water partition coefficient (Wildman–Crippen LogP) is -1.22. The van der Waals surface area contributed by atoms with Gasteiger partial charge in [0.25, 0.3) is 10.9 Å². The average Bonchev–Trinajstić information content (AvgIpc) is 2.56. The monoisotopic (exact) mass is 308 g/mol. The lowest BCUT2D eigenvalue weighted by atomic mass is 10.1. The van der Waals surface area contributed by atoms with Crippen molar-refractivity contribution in [1.82, 2.24) is 9.80 Å². The van der Waals surface area contributed by atoms with E-state index < -0.39 is 0 Å². The Morgan fingerprint density at radius 3 is 2.36 bits per heavy atom. The molecule has 1 N–H and O–H groups in total. The molecule has 2 aliphatic rings. The molecule has 0 amide bonds. The standard InChI is InChI=1S/C15H24N4O3/c1-17-4-6-19(7-5-17)13-12(14(20)15(13)21)16-2-3-18-8-10-22-11-9-18/h16H,2-11H2,1H3. The fourth-order valence-electron chi connectivity index (χ4n) is 3.04. The second kappa shape index (κ2) is 6.76. The first-order chi connectivity index (χ1) is 10.7. The highest BCUT2D eigenvalue weighted by molar-refractivity contribution is 5.75. The molecular formula is C15H24N4O3. The van der Waals surface area contributed by atoms with Crippen molar-refractivity contribution in [3.63, 3.8) is 0 Å². The average molecular weight is 308 g/mol. The third kappa shape index (κ3) is 3.16. The second-order valence-corrected chi connectivity index (χ2v) is 6.05. The molecule has 2 fully saturated rings. The van der Waals surface area contributed by atoms with Crippen LogP contribution < -0.4 is 21.1 Å². The van der Waals surface area contributed by atoms with Crippen LogP contribution in [0.2, 0.25) is 0 Å². The number of likely N-dealkylation sites (N-methyl/N-ethyl adjacent to an activating group) is 1. The van der Waals surface area contributed by atoms with Crippen molar-refractivity contribution in [2.75, 3.05) is 82.8 Å². The Hall–Kier alpha value is -1.44. The molecule has 0 aliphatic carbocycles. The summed E-state index contributed by atoms with van der Waals surface area (Å²) in [5, 5.41) is 3.18. The fraction of sp³-hybridized carbons (Fsp3) is 0.733. The Kier molecular flexibility index (Phi) is 4.75. The van der Waals surface area contributed by atoms with Crippen molar-refractivity contribution in [3.8, 4) is 0 Å². The van der Waals surface area contributed by atoms with E-state index >= 15 is 0 Å². The molecule has 2 heterocycles. The topological polar surface area (TPSA) is 65.1 Å². The Morgan fingerprint density at radius 1 is 1.00 bits per heavy atom. The number of nitrogens with one attached hydrogen (secondary N) is 1. The highest BCUT2D eigenvalue weighted by Gasteiger charge is 2.27. The molecule has 1 aromatic rings. The maximum Gasteiger partial charge on any atom is 0.253 e. The van der Waals surface area contributed by atoms with Gasteiger partial charge in [0, 0.05) is 52.4 Å². The van der Waals surface area contributed by atoms with Gasteiger partial charge in [-0.2, -0.15) is 0 Å². The quantitative estimate of drug-likeness (QED) is 0.684. The van der Waals surface area contributed by atoms with Gasteiger partial charge >= 0.3 is 0 Å². The van der Waals surface area contributed by atoms with Crippen LogP contribution >= 0.6 is 0 Å². The third-order valence-electron chi connectivity index (χ3n) is 4.54. The number of anilines is 2. The molecule has 0 radical (unpaired) electrons. The molecule has 0 atom stereocenters. The van der Waals surface area contributed by atoms with E-state index in [1.807, 2.05) is 4.90 Å². The van der Waals surface area contributed by atoms with Crippen LogP contribution in [0.3, 0.4) is 0 Å². The summed E-state index contributed by atoms with van der Waals surface area (Å²) in [6.07, 6.45) is 0. The lowest BCUT2D eigenvalue weighted by Gasteiger charge is -2.35. The number of rotatable bonds is 5. The van der Waals surface area contributed by atoms with E-state index in [1.165, 1.54) is 0 Å². The fourth-order valence-corrected chi connectivity index (χ4v) is 3.04. The number of piperazine rings is 1. The first kappa shape index (κ1) is 15.5. The molecule has 1 aromatic carbocycles. The Labute approximate surface area is 130 Å². The minimum atomic E-state index is -0.365. The Balaban J connectivity index is 1.56. The molecule has 2 aliphatic heterocycles. The molecule has 0 bridgehead atoms. The summed E-state index contributed by atoms with van der Waals surface area (Å²) in [6.45, 7) is 8.41. The first-order valence-corrected chi connectivity index (χ1v) is 7.97. The van der Waals surface area contributed by atoms with Crippen molar-refractivity contribution >= 4 is 11.4 Å². The van der Waals surface area contributed by atoms with Gasteiger partial charge in [0.15, 0.2) is 0 Å². The lowest BCUT2D eigenvalue weighted by Crippen LogP contribution is -2.50. The van der Waals surface area contributed by atoms with Gasteiger partial charge < -0.3 is 19.9 Å². The Morgan fingerprint density at radius 2 is 1.68 bits per heavy atom. The largest absolute Gasteiger partial charge is 0.379 e. The van der Waals surface area contributed by atoms with Crippen LogP contribution in [0.15, 0.2) is 9.59 Å². The molecule has 3 rings (SSSR count). The summed E-state index contributed by atoms with van der Waals surface area (Å²) in [7, 11) is 2.07. The molecule has 0 saturated carbocycles. The summed E-state index contributed by atoms with van der Waals surface area (Å²) < 4.78 is 5.31. The Bertz CT molecular complexity index is 568. The van der Waals surface area contributed by atoms with E-state index in [9.17, 15) is 9.59 Å². The van der Waals surface area contributed by atoms with E-state index in [-0.39, 0.29) is 10.9 Å². The first-order valence-electron chi connectivity index (χ1n) is 7.97. The number of ether oxygens (including phenoxy) is 1. The van der Waals surface area contributed by atoms with Crippen LogP contribution in [0.5, 0.6) is 0 Å². The zero-order chi connectivity index (χ0) is 15.5. The van der Waals surface area contributed by atoms with Gasteiger partial charge in [0.2, 0.25) is 0 Å². The summed E-state index contributed by atoms with van der Waals surface area (Å²) in [5.41, 5.74) is 0.414. The zero-order valence-corrected chi connectivity index (χ0v) is 13.1. The van der Waals surface area contributed by atoms with E-state index in [2.05, 4.69) is 22.2 Å². The smallest absolute Gasteiger partial charge is 0.253 e. The third-order valence-corrected chi connectivity index (χ3v) is 4.54. The normalized spacial score (nSPS) is 21.4. The van der Waals surface area contributed by atoms with Crippen molar-refractivity contribution < 1.29 is 4.74 Å². The molecule has 7 heteroatoms. The molecule has 2 saturated heterocycles. The van der Waals surface area contributed by atoms with Gasteiger partial charge in [-0.1, -0.05) is 0 Å². The number of hydrogen-bond acceptors (Lipinski definition) is 7. The van der Waals surface area contributed by atoms with Crippen molar-refractivity contribution in [1.29, 1.82) is 0 Å². The van der Waals surface area contributed by atoms with Crippen LogP contribution in [0, 0.1) is 0 Å². The van der Waals surface area contributed by atoms with Crippen LogP contribution in [-0.4, -0.2) is 82.4 Å². The van der Waals surface area contributed by atoms with E-state index in [4.69, 9.17) is 4.74 Å². The molecular weight excluding hydrogens is 284 g/mol. The van der Waals surface area contributed by atoms with Crippen molar-refractivity contribution in [2.24, 2.45) is 0 Å². The van der Waals surface area contributed by atoms with Crippen molar-refractivity contribution in [2.45, 2.75) is 0 Å². The summed E-state index contributed by atoms with van der Waals surface area (Å²) in [4.78, 5) is 30.3. The maximum absolute atomic E-state index is 11.9. The highest BCUT2D eigenvalue weighted by atomic mass is 16.5. The molecule has 0 spiro atoms. The van der Waals surface area contributed by atoms with Crippen molar-refractivity contribution in [3.05, 3.63) is 20.4 Å². The molecule has 7 nitrogen and oxygen atoms in total. The summed E-state index contributed by atoms with van der Waals surface area (Å²) in [6, 6.07) is 0. The van der Waals surface area contributed by atoms with Gasteiger partial charge in [0.05, 0.1) is 13.2 Å². The summed E-state index contributed by atoms with van der Waals surface area (Å²) in [5.74, 6) is 0. The van der Waals surface area contributed by atoms with Gasteiger partial charge in [-0.05, 0) is 7.05 Å². The molecule has 0 aromatic heterocycles. The molecule has 122 valence electrons. The predicted molar refractivity (Wildman–Crippen MR) is 86.8 cm³/mol. The minimum absolute atomic E-state index is 0.335. The maximum atomic E-state index is 11.9. The van der Waals surface area contributed by atoms with Crippen LogP contribution in [-0.2, 0) is 4.74 Å². The van der Waals surface area contributed by atoms with Crippen LogP contribution in [0.4, 0.5) is 11.4 Å². The van der Waals surface area contributed by atoms with E-state index in [0.29, 0.717) is 17.9 Å². The van der Waals surface area contributed by atoms with Gasteiger partial charge in [-0.3, -0.25) is 14.5 Å². The van der Waals surface area contributed by atoms with E-state index in [0.717, 1.165) is 59.0 Å². The van der Waals surface area contributed by atoms with Gasteiger partial charge in [0.1, 0.15) is 11.4 Å². The van der Waals surface area contributed by atoms with E-state index in [1.54, 1.807) is 0 Å². The van der Waals surface area contributed by atoms with Gasteiger partial charge in [-0.25, -0.2) is 0 Å². The molecule has 22 heavy (non-hydrogen) atoms. The molecule has 0 unspecified atom stereocenters. The number of morpholine rings is 1. The second-order valence-electron chi connectivity index (χ2n) is 6.05. The number of nitrogens with zero attached hydrogens (tertiary/aromatic N) is 3. The minimum Gasteiger partial charge on any atom is -0.379 e.